The second-order valence-electron chi connectivity index (χ2n) is 8.56. The topological polar surface area (TPSA) is 67.7 Å². The molecule has 0 aliphatic carbocycles. The van der Waals surface area contributed by atoms with Gasteiger partial charge < -0.3 is 28.5 Å². The molecule has 7 nitrogen and oxygen atoms in total. The molecule has 39 heavy (non-hydrogen) atoms. The third-order valence-electron chi connectivity index (χ3n) is 5.86. The molecule has 0 bridgehead atoms. The first-order chi connectivity index (χ1) is 18.5. The Labute approximate surface area is 223 Å². The zero-order valence-corrected chi connectivity index (χ0v) is 21.7. The Morgan fingerprint density at radius 3 is 1.87 bits per heavy atom. The predicted molar refractivity (Wildman–Crippen MR) is 133 cm³/mol. The van der Waals surface area contributed by atoms with Crippen LogP contribution in [0.5, 0.6) is 5.75 Å². The van der Waals surface area contributed by atoms with Crippen molar-refractivity contribution in [3.8, 4) is 5.75 Å². The summed E-state index contributed by atoms with van der Waals surface area (Å²) in [5, 5.41) is 4.04. The van der Waals surface area contributed by atoms with Crippen LogP contribution in [0.25, 0.3) is 12.2 Å². The molecule has 0 aromatic heterocycles. The summed E-state index contributed by atoms with van der Waals surface area (Å²) < 4.78 is 89.4. The van der Waals surface area contributed by atoms with Crippen LogP contribution >= 0.6 is 0 Å². The summed E-state index contributed by atoms with van der Waals surface area (Å²) in [6.07, 6.45) is -8.54. The lowest BCUT2D eigenvalue weighted by molar-refractivity contribution is -0.360. The van der Waals surface area contributed by atoms with Crippen molar-refractivity contribution in [1.82, 2.24) is 0 Å². The standard InChI is InChI=1S/C27H30F5NO6/c1-5-36-23-22(34-3)17(2)37-25(24(23)35-4)39-33-16-20-10-8-18(9-11-20)6-7-19-12-14-21(15-13-19)38-27(31,32)26(28,29)30/h6-17,22-25H,5H2,1-4H3/t17-,22-,23-,24-,25-/m0/s1. The van der Waals surface area contributed by atoms with Gasteiger partial charge in [0.2, 0.25) is 0 Å². The van der Waals surface area contributed by atoms with Gasteiger partial charge in [-0.15, -0.1) is 0 Å². The molecule has 0 spiro atoms. The van der Waals surface area contributed by atoms with Crippen LogP contribution in [0.4, 0.5) is 22.0 Å². The summed E-state index contributed by atoms with van der Waals surface area (Å²) in [5.74, 6) is -0.600. The fraction of sp³-hybridized carbons (Fsp3) is 0.444. The van der Waals surface area contributed by atoms with Crippen LogP contribution in [0.2, 0.25) is 0 Å². The van der Waals surface area contributed by atoms with E-state index in [0.717, 1.165) is 23.3 Å². The Morgan fingerprint density at radius 1 is 0.821 bits per heavy atom. The van der Waals surface area contributed by atoms with Gasteiger partial charge in [0, 0.05) is 20.8 Å². The highest BCUT2D eigenvalue weighted by molar-refractivity contribution is 5.80. The highest BCUT2D eigenvalue weighted by Crippen LogP contribution is 2.37. The Kier molecular flexibility index (Phi) is 10.4. The molecule has 1 fully saturated rings. The monoisotopic (exact) mass is 559 g/mol. The van der Waals surface area contributed by atoms with Gasteiger partial charge in [-0.3, -0.25) is 0 Å². The maximum absolute atomic E-state index is 13.0. The van der Waals surface area contributed by atoms with Gasteiger partial charge in [0.15, 0.2) is 6.10 Å². The molecule has 0 amide bonds. The second-order valence-corrected chi connectivity index (χ2v) is 8.56. The maximum atomic E-state index is 13.0. The molecule has 1 heterocycles. The lowest BCUT2D eigenvalue weighted by atomic mass is 9.99. The van der Waals surface area contributed by atoms with E-state index in [4.69, 9.17) is 23.8 Å². The molecule has 0 unspecified atom stereocenters. The largest absolute Gasteiger partial charge is 0.499 e. The van der Waals surface area contributed by atoms with Crippen molar-refractivity contribution < 1.29 is 50.5 Å². The Balaban J connectivity index is 1.57. The van der Waals surface area contributed by atoms with Crippen molar-refractivity contribution in [1.29, 1.82) is 0 Å². The van der Waals surface area contributed by atoms with E-state index in [1.807, 2.05) is 26.0 Å². The van der Waals surface area contributed by atoms with E-state index in [2.05, 4.69) is 9.89 Å². The molecule has 5 atom stereocenters. The van der Waals surface area contributed by atoms with Crippen LogP contribution in [-0.4, -0.2) is 70.0 Å². The molecule has 214 valence electrons. The number of ether oxygens (including phenoxy) is 5. The minimum absolute atomic E-state index is 0.311. The van der Waals surface area contributed by atoms with Gasteiger partial charge in [-0.2, -0.15) is 22.0 Å². The van der Waals surface area contributed by atoms with E-state index in [1.54, 1.807) is 31.4 Å². The number of hydrogen-bond acceptors (Lipinski definition) is 7. The van der Waals surface area contributed by atoms with Crippen LogP contribution in [0.15, 0.2) is 53.7 Å². The van der Waals surface area contributed by atoms with Gasteiger partial charge >= 0.3 is 12.3 Å². The molecular formula is C27H30F5NO6. The van der Waals surface area contributed by atoms with Crippen molar-refractivity contribution in [3.05, 3.63) is 65.2 Å². The van der Waals surface area contributed by atoms with Gasteiger partial charge in [0.1, 0.15) is 18.0 Å². The fourth-order valence-electron chi connectivity index (χ4n) is 3.90. The Hall–Kier alpha value is -3.06. The van der Waals surface area contributed by atoms with E-state index in [0.29, 0.717) is 12.2 Å². The molecule has 1 aliphatic heterocycles. The smallest absolute Gasteiger partial charge is 0.426 e. The van der Waals surface area contributed by atoms with Gasteiger partial charge in [-0.05, 0) is 42.7 Å². The van der Waals surface area contributed by atoms with Crippen LogP contribution in [0.1, 0.15) is 30.5 Å². The molecule has 2 aromatic rings. The summed E-state index contributed by atoms with van der Waals surface area (Å²) in [6, 6.07) is 12.0. The number of benzene rings is 2. The number of halogens is 5. The van der Waals surface area contributed by atoms with Crippen molar-refractivity contribution in [3.63, 3.8) is 0 Å². The average molecular weight is 560 g/mol. The van der Waals surface area contributed by atoms with Gasteiger partial charge in [0.05, 0.1) is 12.3 Å². The Morgan fingerprint density at radius 2 is 1.36 bits per heavy atom. The van der Waals surface area contributed by atoms with Crippen LogP contribution in [-0.2, 0) is 23.8 Å². The summed E-state index contributed by atoms with van der Waals surface area (Å²) in [5.41, 5.74) is 2.13. The molecule has 1 saturated heterocycles. The minimum atomic E-state index is -5.80. The number of alkyl halides is 5. The predicted octanol–water partition coefficient (Wildman–Crippen LogP) is 5.92. The van der Waals surface area contributed by atoms with Crippen molar-refractivity contribution in [2.24, 2.45) is 5.16 Å². The first-order valence-corrected chi connectivity index (χ1v) is 12.0. The number of rotatable bonds is 11. The zero-order chi connectivity index (χ0) is 28.6. The normalized spacial score (nSPS) is 24.4. The molecule has 2 aromatic carbocycles. The van der Waals surface area contributed by atoms with E-state index in [1.165, 1.54) is 25.5 Å². The lowest BCUT2D eigenvalue weighted by Crippen LogP contribution is -2.59. The van der Waals surface area contributed by atoms with Gasteiger partial charge in [0.25, 0.3) is 6.29 Å². The molecular weight excluding hydrogens is 529 g/mol. The quantitative estimate of drug-likeness (QED) is 0.147. The second kappa shape index (κ2) is 13.3. The van der Waals surface area contributed by atoms with E-state index >= 15 is 0 Å². The summed E-state index contributed by atoms with van der Waals surface area (Å²) in [6.45, 7) is 4.20. The van der Waals surface area contributed by atoms with E-state index < -0.39 is 36.5 Å². The van der Waals surface area contributed by atoms with Gasteiger partial charge in [-0.25, -0.2) is 0 Å². The highest BCUT2D eigenvalue weighted by atomic mass is 19.4. The van der Waals surface area contributed by atoms with Crippen molar-refractivity contribution in [2.75, 3.05) is 20.8 Å². The van der Waals surface area contributed by atoms with Crippen molar-refractivity contribution >= 4 is 18.4 Å². The average Bonchev–Trinajstić information content (AvgIpc) is 2.88. The van der Waals surface area contributed by atoms with Crippen LogP contribution < -0.4 is 4.74 Å². The number of oxime groups is 1. The third kappa shape index (κ3) is 7.98. The van der Waals surface area contributed by atoms with E-state index in [9.17, 15) is 22.0 Å². The molecule has 3 rings (SSSR count). The fourth-order valence-corrected chi connectivity index (χ4v) is 3.90. The molecule has 0 N–H and O–H groups in total. The van der Waals surface area contributed by atoms with Gasteiger partial charge in [-0.1, -0.05) is 53.7 Å². The number of methoxy groups -OCH3 is 2. The Bertz CT molecular complexity index is 1090. The molecule has 0 saturated carbocycles. The zero-order valence-electron chi connectivity index (χ0n) is 21.7. The van der Waals surface area contributed by atoms with E-state index in [-0.39, 0.29) is 12.2 Å². The molecule has 0 radical (unpaired) electrons. The van der Waals surface area contributed by atoms with Crippen molar-refractivity contribution in [2.45, 2.75) is 56.8 Å². The number of hydrogen-bond donors (Lipinski definition) is 0. The SMILES string of the molecule is CCO[C@@H]1[C@H](OC)[C@H](ON=Cc2ccc(C=Cc3ccc(OC(F)(F)C(F)(F)F)cc3)cc2)O[C@@H](C)[C@@H]1OC. The maximum Gasteiger partial charge on any atom is 0.499 e. The molecule has 12 heteroatoms. The van der Waals surface area contributed by atoms with Crippen LogP contribution in [0.3, 0.4) is 0 Å². The summed E-state index contributed by atoms with van der Waals surface area (Å²) in [4.78, 5) is 5.58. The first kappa shape index (κ1) is 30.5. The summed E-state index contributed by atoms with van der Waals surface area (Å²) >= 11 is 0. The van der Waals surface area contributed by atoms with Crippen LogP contribution in [0, 0.1) is 0 Å². The third-order valence-corrected chi connectivity index (χ3v) is 5.86. The first-order valence-electron chi connectivity index (χ1n) is 12.0. The lowest BCUT2D eigenvalue weighted by Gasteiger charge is -2.42. The number of nitrogens with zero attached hydrogens (tertiary/aromatic N) is 1. The highest BCUT2D eigenvalue weighted by Gasteiger charge is 2.61. The summed E-state index contributed by atoms with van der Waals surface area (Å²) in [7, 11) is 3.11. The molecule has 1 aliphatic rings. The minimum Gasteiger partial charge on any atom is -0.426 e.